The summed E-state index contributed by atoms with van der Waals surface area (Å²) in [5, 5.41) is 89.4. The van der Waals surface area contributed by atoms with Crippen LogP contribution < -0.4 is 5.32 Å². The number of hydrogen-bond donors (Lipinski definition) is 9. The highest BCUT2D eigenvalue weighted by molar-refractivity contribution is 6.24. The minimum absolute atomic E-state index is 0.0626. The van der Waals surface area contributed by atoms with E-state index in [0.29, 0.717) is 86.3 Å². The molecule has 0 aromatic heterocycles. The number of carbonyl (C=O) groups is 2. The lowest BCUT2D eigenvalue weighted by atomic mass is 9.84. The van der Waals surface area contributed by atoms with Gasteiger partial charge in [0.05, 0.1) is 67.8 Å². The molecular formula is C47H58N4O16. The molecule has 362 valence electrons. The lowest BCUT2D eigenvalue weighted by Crippen LogP contribution is -2.64. The molecule has 0 spiro atoms. The summed E-state index contributed by atoms with van der Waals surface area (Å²) in [5.74, 6) is -3.15. The van der Waals surface area contributed by atoms with Gasteiger partial charge in [0, 0.05) is 46.4 Å². The van der Waals surface area contributed by atoms with E-state index < -0.39 is 98.6 Å². The van der Waals surface area contributed by atoms with Gasteiger partial charge in [0.2, 0.25) is 0 Å². The average Bonchev–Trinajstić information content (AvgIpc) is 4.09. The molecule has 14 atom stereocenters. The van der Waals surface area contributed by atoms with Gasteiger partial charge in [-0.3, -0.25) is 9.59 Å². The van der Waals surface area contributed by atoms with Crippen LogP contribution in [0.15, 0.2) is 107 Å². The van der Waals surface area contributed by atoms with E-state index >= 15 is 0 Å². The zero-order chi connectivity index (χ0) is 48.3. The van der Waals surface area contributed by atoms with Gasteiger partial charge < -0.3 is 74.6 Å². The van der Waals surface area contributed by atoms with E-state index in [1.807, 2.05) is 45.9 Å². The number of aliphatic hydroxyl groups excluding tert-OH is 8. The minimum Gasteiger partial charge on any atom is -0.510 e. The Morgan fingerprint density at radius 2 is 1.54 bits per heavy atom. The van der Waals surface area contributed by atoms with Gasteiger partial charge in [-0.2, -0.15) is 0 Å². The average molecular weight is 935 g/mol. The first-order chi connectivity index (χ1) is 32.0. The molecule has 0 aromatic carbocycles. The number of ether oxygens (including phenoxy) is 6. The van der Waals surface area contributed by atoms with Crippen LogP contribution in [0.2, 0.25) is 0 Å². The van der Waals surface area contributed by atoms with Crippen LogP contribution in [-0.2, 0) is 38.0 Å². The van der Waals surface area contributed by atoms with Crippen molar-refractivity contribution in [1.82, 2.24) is 5.32 Å². The van der Waals surface area contributed by atoms with E-state index in [2.05, 4.69) is 5.32 Å². The summed E-state index contributed by atoms with van der Waals surface area (Å²) in [6, 6.07) is 0. The van der Waals surface area contributed by atoms with Crippen LogP contribution in [0.4, 0.5) is 0 Å². The summed E-state index contributed by atoms with van der Waals surface area (Å²) >= 11 is 0. The first kappa shape index (κ1) is 48.5. The van der Waals surface area contributed by atoms with Crippen molar-refractivity contribution in [3.63, 3.8) is 0 Å². The highest BCUT2D eigenvalue weighted by atomic mass is 16.7. The van der Waals surface area contributed by atoms with Crippen molar-refractivity contribution in [3.8, 4) is 0 Å². The second kappa shape index (κ2) is 19.2. The number of methoxy groups -OCH3 is 2. The summed E-state index contributed by atoms with van der Waals surface area (Å²) in [6.45, 7) is 7.87. The number of allylic oxidation sites excluding steroid dienone is 10. The predicted octanol–water partition coefficient (Wildman–Crippen LogP) is 0.649. The van der Waals surface area contributed by atoms with Crippen LogP contribution in [0.3, 0.4) is 0 Å². The first-order valence-corrected chi connectivity index (χ1v) is 22.3. The Morgan fingerprint density at radius 1 is 0.836 bits per heavy atom. The maximum absolute atomic E-state index is 13.6. The van der Waals surface area contributed by atoms with Crippen LogP contribution >= 0.6 is 0 Å². The topological polar surface area (TPSA) is 300 Å². The van der Waals surface area contributed by atoms with Gasteiger partial charge in [-0.05, 0) is 74.6 Å². The fraction of sp³-hybridized carbons (Fsp3) is 0.553. The van der Waals surface area contributed by atoms with Crippen molar-refractivity contribution >= 4 is 29.1 Å². The van der Waals surface area contributed by atoms with Crippen molar-refractivity contribution in [1.29, 1.82) is 0 Å². The van der Waals surface area contributed by atoms with E-state index in [9.17, 15) is 50.4 Å². The zero-order valence-electron chi connectivity index (χ0n) is 38.1. The summed E-state index contributed by atoms with van der Waals surface area (Å²) < 4.78 is 33.8. The number of aliphatic imine (C=N–C) groups is 3. The summed E-state index contributed by atoms with van der Waals surface area (Å²) in [5.41, 5.74) is 8.06. The maximum Gasteiger partial charge on any atom is 0.321 e. The Morgan fingerprint density at radius 3 is 2.21 bits per heavy atom. The largest absolute Gasteiger partial charge is 0.510 e. The molecule has 2 unspecified atom stereocenters. The van der Waals surface area contributed by atoms with E-state index in [4.69, 9.17) is 43.4 Å². The van der Waals surface area contributed by atoms with Crippen molar-refractivity contribution in [3.05, 3.63) is 92.0 Å². The van der Waals surface area contributed by atoms with Gasteiger partial charge in [0.15, 0.2) is 12.6 Å². The highest BCUT2D eigenvalue weighted by Crippen LogP contribution is 2.49. The van der Waals surface area contributed by atoms with E-state index in [-0.39, 0.29) is 24.0 Å². The second-order valence-electron chi connectivity index (χ2n) is 17.7. The molecule has 20 heteroatoms. The Bertz CT molecular complexity index is 2440. The van der Waals surface area contributed by atoms with Gasteiger partial charge in [0.25, 0.3) is 0 Å². The molecular weight excluding hydrogens is 877 g/mol. The minimum atomic E-state index is -1.83. The normalized spacial score (nSPS) is 35.2. The number of fused-ring (bicyclic) bond motifs is 5. The van der Waals surface area contributed by atoms with Gasteiger partial charge in [-0.15, -0.1) is 0 Å². The van der Waals surface area contributed by atoms with Crippen molar-refractivity contribution in [2.45, 2.75) is 121 Å². The Balaban J connectivity index is 1.17. The van der Waals surface area contributed by atoms with Crippen molar-refractivity contribution in [2.75, 3.05) is 27.4 Å². The molecule has 8 aliphatic rings. The first-order valence-electron chi connectivity index (χ1n) is 22.3. The molecule has 8 bridgehead atoms. The monoisotopic (exact) mass is 934 g/mol. The van der Waals surface area contributed by atoms with Gasteiger partial charge in [-0.25, -0.2) is 15.0 Å². The Hall–Kier alpha value is -4.97. The predicted molar refractivity (Wildman–Crippen MR) is 237 cm³/mol. The molecule has 67 heavy (non-hydrogen) atoms. The molecule has 8 rings (SSSR count). The van der Waals surface area contributed by atoms with E-state index in [0.717, 1.165) is 5.57 Å². The number of carbonyl (C=O) groups excluding carboxylic acids is 2. The lowest BCUT2D eigenvalue weighted by molar-refractivity contribution is -0.361. The van der Waals surface area contributed by atoms with Crippen LogP contribution in [0.25, 0.3) is 0 Å². The molecule has 0 amide bonds. The quantitative estimate of drug-likeness (QED) is 0.121. The molecule has 3 saturated heterocycles. The molecule has 0 radical (unpaired) electrons. The SMILES string of the molecule is CCC1=CC2=NC1=CC1=C(C)C3=C(O)C(C(=O)OC)C(=C4NC(=CC5=NC(=C2)C(C(C)O[C@H]2O[C@H](CO)[C@@H](O[C@@H]6O[C@H](CO)[C@H](O)[C@H](O)[C@H]6O)[C@H](O)[C@H]2O)=C5C)[C@@H](C)[C@@H]4CCC(=O)OC)C3=N1. The number of hydrogen-bond acceptors (Lipinski definition) is 20. The summed E-state index contributed by atoms with van der Waals surface area (Å²) in [4.78, 5) is 41.3. The Labute approximate surface area is 386 Å². The molecule has 0 saturated carbocycles. The number of esters is 2. The second-order valence-corrected chi connectivity index (χ2v) is 17.7. The highest BCUT2D eigenvalue weighted by Gasteiger charge is 2.52. The van der Waals surface area contributed by atoms with Gasteiger partial charge in [0.1, 0.15) is 60.5 Å². The fourth-order valence-electron chi connectivity index (χ4n) is 10.00. The molecule has 1 aliphatic carbocycles. The third-order valence-corrected chi connectivity index (χ3v) is 13.8. The number of nitrogens with one attached hydrogen (secondary N) is 1. The summed E-state index contributed by atoms with van der Waals surface area (Å²) in [6.07, 6.45) is -8.79. The molecule has 0 aromatic rings. The number of aliphatic hydroxyl groups is 8. The molecule has 7 aliphatic heterocycles. The van der Waals surface area contributed by atoms with Crippen LogP contribution in [0.1, 0.15) is 53.9 Å². The number of rotatable bonds is 12. The third-order valence-electron chi connectivity index (χ3n) is 13.8. The number of nitrogens with zero attached hydrogens (tertiary/aromatic N) is 3. The third kappa shape index (κ3) is 8.52. The molecule has 9 N–H and O–H groups in total. The van der Waals surface area contributed by atoms with Crippen molar-refractivity contribution < 1.29 is 78.9 Å². The van der Waals surface area contributed by atoms with Crippen LogP contribution in [0.5, 0.6) is 0 Å². The Kier molecular flexibility index (Phi) is 13.9. The van der Waals surface area contributed by atoms with Gasteiger partial charge >= 0.3 is 11.9 Å². The van der Waals surface area contributed by atoms with Crippen molar-refractivity contribution in [2.24, 2.45) is 32.7 Å². The fourth-order valence-corrected chi connectivity index (χ4v) is 10.00. The van der Waals surface area contributed by atoms with Gasteiger partial charge in [-0.1, -0.05) is 13.8 Å². The maximum atomic E-state index is 13.6. The molecule has 20 nitrogen and oxygen atoms in total. The van der Waals surface area contributed by atoms with E-state index in [1.165, 1.54) is 14.2 Å². The van der Waals surface area contributed by atoms with Crippen LogP contribution in [0, 0.1) is 17.8 Å². The molecule has 3 fully saturated rings. The molecule has 7 heterocycles. The van der Waals surface area contributed by atoms with E-state index in [1.54, 1.807) is 13.0 Å². The standard InChI is InChI=1S/C47H58N4O16/c1-8-21-11-22-12-28-32(20(5)64-46-43(60)41(58)44(30(16-53)66-46)67-47-42(59)40(57)38(55)29(15-52)65-47)18(3)25(49-28)13-24-17(2)23(9-10-31(54)62-6)36(50-24)34-35(45(61)63-7)39(56)33-19(4)26(51-37(33)34)14-27(21)48-22/h11-14,17,20,23,29-30,35,38,40-44,46-47,50,52-53,55-60H,8-10,15-16H2,1-7H3/t17-,20?,23-,29+,30+,35?,38-,40-,41+,42+,43+,44+,46-,47-/m0/s1. The lowest BCUT2D eigenvalue weighted by Gasteiger charge is -2.46. The zero-order valence-corrected chi connectivity index (χ0v) is 38.1. The van der Waals surface area contributed by atoms with Crippen LogP contribution in [-0.4, -0.2) is 165 Å². The summed E-state index contributed by atoms with van der Waals surface area (Å²) in [7, 11) is 2.57. The smallest absolute Gasteiger partial charge is 0.321 e.